The third kappa shape index (κ3) is 2.03. The summed E-state index contributed by atoms with van der Waals surface area (Å²) in [5.41, 5.74) is 8.04. The second-order valence-corrected chi connectivity index (χ2v) is 5.47. The van der Waals surface area contributed by atoms with E-state index in [0.717, 1.165) is 44.2 Å². The molecule has 1 aliphatic carbocycles. The molecule has 2 aliphatic rings. The van der Waals surface area contributed by atoms with Crippen LogP contribution in [0.4, 0.5) is 0 Å². The number of amides is 1. The molecule has 3 rings (SSSR count). The van der Waals surface area contributed by atoms with Crippen molar-refractivity contribution in [2.24, 2.45) is 5.73 Å². The van der Waals surface area contributed by atoms with E-state index >= 15 is 0 Å². The van der Waals surface area contributed by atoms with Gasteiger partial charge < -0.3 is 10.6 Å². The van der Waals surface area contributed by atoms with E-state index in [-0.39, 0.29) is 5.91 Å². The van der Waals surface area contributed by atoms with Crippen molar-refractivity contribution in [3.63, 3.8) is 0 Å². The quantitative estimate of drug-likeness (QED) is 0.820. The van der Waals surface area contributed by atoms with Gasteiger partial charge >= 0.3 is 0 Å². The Kier molecular flexibility index (Phi) is 3.08. The van der Waals surface area contributed by atoms with Crippen LogP contribution in [0, 0.1) is 0 Å². The van der Waals surface area contributed by atoms with Crippen molar-refractivity contribution in [1.82, 2.24) is 4.90 Å². The maximum absolute atomic E-state index is 12.5. The van der Waals surface area contributed by atoms with Crippen molar-refractivity contribution in [2.45, 2.75) is 44.2 Å². The standard InChI is InChI=1S/C15H20N2O/c16-12-5-7-13(8-6-12)17-10-9-11-3-1-2-4-14(11)15(17)18/h1-4,12-13H,5-10,16H2. The van der Waals surface area contributed by atoms with Crippen molar-refractivity contribution in [3.05, 3.63) is 35.4 Å². The Balaban J connectivity index is 1.78. The molecule has 1 aromatic carbocycles. The van der Waals surface area contributed by atoms with E-state index in [1.165, 1.54) is 5.56 Å². The third-order valence-electron chi connectivity index (χ3n) is 4.31. The summed E-state index contributed by atoms with van der Waals surface area (Å²) in [7, 11) is 0. The van der Waals surface area contributed by atoms with Crippen molar-refractivity contribution >= 4 is 5.91 Å². The van der Waals surface area contributed by atoms with Crippen LogP contribution in [-0.4, -0.2) is 29.4 Å². The van der Waals surface area contributed by atoms with E-state index in [1.807, 2.05) is 18.2 Å². The zero-order chi connectivity index (χ0) is 12.5. The minimum atomic E-state index is 0.220. The number of fused-ring (bicyclic) bond motifs is 1. The maximum atomic E-state index is 12.5. The second kappa shape index (κ2) is 4.73. The molecule has 1 heterocycles. The first-order chi connectivity index (χ1) is 8.75. The molecule has 1 aromatic rings. The summed E-state index contributed by atoms with van der Waals surface area (Å²) >= 11 is 0. The molecule has 1 amide bonds. The van der Waals surface area contributed by atoms with E-state index in [2.05, 4.69) is 11.0 Å². The average Bonchev–Trinajstić information content (AvgIpc) is 2.41. The van der Waals surface area contributed by atoms with Gasteiger partial charge in [-0.15, -0.1) is 0 Å². The molecule has 0 unspecified atom stereocenters. The molecule has 0 saturated heterocycles. The van der Waals surface area contributed by atoms with Gasteiger partial charge in [0.15, 0.2) is 0 Å². The Morgan fingerprint density at radius 1 is 1.11 bits per heavy atom. The van der Waals surface area contributed by atoms with Gasteiger partial charge in [-0.25, -0.2) is 0 Å². The van der Waals surface area contributed by atoms with Crippen LogP contribution < -0.4 is 5.73 Å². The third-order valence-corrected chi connectivity index (χ3v) is 4.31. The van der Waals surface area contributed by atoms with E-state index in [9.17, 15) is 4.79 Å². The van der Waals surface area contributed by atoms with Gasteiger partial charge in [0.2, 0.25) is 0 Å². The smallest absolute Gasteiger partial charge is 0.254 e. The fourth-order valence-corrected chi connectivity index (χ4v) is 3.21. The summed E-state index contributed by atoms with van der Waals surface area (Å²) in [5.74, 6) is 0.220. The number of nitrogens with two attached hydrogens (primary N) is 1. The molecular weight excluding hydrogens is 224 g/mol. The van der Waals surface area contributed by atoms with Crippen LogP contribution in [-0.2, 0) is 6.42 Å². The molecule has 0 atom stereocenters. The van der Waals surface area contributed by atoms with Gasteiger partial charge in [0.25, 0.3) is 5.91 Å². The average molecular weight is 244 g/mol. The van der Waals surface area contributed by atoms with Crippen molar-refractivity contribution in [2.75, 3.05) is 6.54 Å². The Bertz CT molecular complexity index is 450. The number of benzene rings is 1. The number of carbonyl (C=O) groups is 1. The van der Waals surface area contributed by atoms with E-state index < -0.39 is 0 Å². The zero-order valence-electron chi connectivity index (χ0n) is 10.6. The molecule has 3 nitrogen and oxygen atoms in total. The largest absolute Gasteiger partial charge is 0.335 e. The predicted molar refractivity (Wildman–Crippen MR) is 71.4 cm³/mol. The number of carbonyl (C=O) groups excluding carboxylic acids is 1. The molecule has 0 spiro atoms. The van der Waals surface area contributed by atoms with E-state index in [1.54, 1.807) is 0 Å². The topological polar surface area (TPSA) is 46.3 Å². The van der Waals surface area contributed by atoms with Crippen LogP contribution in [0.2, 0.25) is 0 Å². The summed E-state index contributed by atoms with van der Waals surface area (Å²) in [5, 5.41) is 0. The summed E-state index contributed by atoms with van der Waals surface area (Å²) in [6, 6.07) is 8.75. The Morgan fingerprint density at radius 2 is 1.83 bits per heavy atom. The highest BCUT2D eigenvalue weighted by atomic mass is 16.2. The first-order valence-corrected chi connectivity index (χ1v) is 6.90. The summed E-state index contributed by atoms with van der Waals surface area (Å²) in [6.07, 6.45) is 5.22. The van der Waals surface area contributed by atoms with Crippen molar-refractivity contribution < 1.29 is 4.79 Å². The van der Waals surface area contributed by atoms with Gasteiger partial charge in [-0.1, -0.05) is 18.2 Å². The second-order valence-electron chi connectivity index (χ2n) is 5.47. The normalized spacial score (nSPS) is 28.1. The lowest BCUT2D eigenvalue weighted by Crippen LogP contribution is -2.47. The first kappa shape index (κ1) is 11.7. The van der Waals surface area contributed by atoms with Gasteiger partial charge in [0, 0.05) is 24.2 Å². The van der Waals surface area contributed by atoms with Crippen LogP contribution >= 0.6 is 0 Å². The van der Waals surface area contributed by atoms with E-state index in [0.29, 0.717) is 12.1 Å². The van der Waals surface area contributed by atoms with Crippen LogP contribution in [0.5, 0.6) is 0 Å². The van der Waals surface area contributed by atoms with Crippen molar-refractivity contribution in [1.29, 1.82) is 0 Å². The van der Waals surface area contributed by atoms with Crippen LogP contribution in [0.25, 0.3) is 0 Å². The fraction of sp³-hybridized carbons (Fsp3) is 0.533. The molecule has 1 fully saturated rings. The Morgan fingerprint density at radius 3 is 2.61 bits per heavy atom. The first-order valence-electron chi connectivity index (χ1n) is 6.90. The predicted octanol–water partition coefficient (Wildman–Crippen LogP) is 1.95. The molecular formula is C15H20N2O. The lowest BCUT2D eigenvalue weighted by Gasteiger charge is -2.38. The van der Waals surface area contributed by atoms with Crippen LogP contribution in [0.3, 0.4) is 0 Å². The fourth-order valence-electron chi connectivity index (χ4n) is 3.21. The number of hydrogen-bond donors (Lipinski definition) is 1. The number of rotatable bonds is 1. The number of nitrogens with zero attached hydrogens (tertiary/aromatic N) is 1. The molecule has 2 N–H and O–H groups in total. The molecule has 1 aliphatic heterocycles. The lowest BCUT2D eigenvalue weighted by molar-refractivity contribution is 0.0607. The molecule has 18 heavy (non-hydrogen) atoms. The van der Waals surface area contributed by atoms with Crippen LogP contribution in [0.1, 0.15) is 41.6 Å². The van der Waals surface area contributed by atoms with Gasteiger partial charge in [0.1, 0.15) is 0 Å². The molecule has 1 saturated carbocycles. The minimum absolute atomic E-state index is 0.220. The molecule has 0 radical (unpaired) electrons. The minimum Gasteiger partial charge on any atom is -0.335 e. The molecule has 96 valence electrons. The molecule has 0 aromatic heterocycles. The van der Waals surface area contributed by atoms with E-state index in [4.69, 9.17) is 5.73 Å². The highest BCUT2D eigenvalue weighted by Crippen LogP contribution is 2.27. The highest BCUT2D eigenvalue weighted by Gasteiger charge is 2.31. The van der Waals surface area contributed by atoms with Gasteiger partial charge in [-0.05, 0) is 43.7 Å². The Labute approximate surface area is 108 Å². The van der Waals surface area contributed by atoms with Gasteiger partial charge in [-0.2, -0.15) is 0 Å². The summed E-state index contributed by atoms with van der Waals surface area (Å²) < 4.78 is 0. The van der Waals surface area contributed by atoms with Crippen molar-refractivity contribution in [3.8, 4) is 0 Å². The van der Waals surface area contributed by atoms with Crippen LogP contribution in [0.15, 0.2) is 24.3 Å². The zero-order valence-corrected chi connectivity index (χ0v) is 10.6. The molecule has 0 bridgehead atoms. The highest BCUT2D eigenvalue weighted by molar-refractivity contribution is 5.96. The maximum Gasteiger partial charge on any atom is 0.254 e. The Hall–Kier alpha value is -1.35. The van der Waals surface area contributed by atoms with Gasteiger partial charge in [0.05, 0.1) is 0 Å². The SMILES string of the molecule is NC1CCC(N2CCc3ccccc3C2=O)CC1. The monoisotopic (exact) mass is 244 g/mol. The molecule has 3 heteroatoms. The van der Waals surface area contributed by atoms with Gasteiger partial charge in [-0.3, -0.25) is 4.79 Å². The summed E-state index contributed by atoms with van der Waals surface area (Å²) in [4.78, 5) is 14.6. The lowest BCUT2D eigenvalue weighted by atomic mass is 9.88. The number of hydrogen-bond acceptors (Lipinski definition) is 2. The summed E-state index contributed by atoms with van der Waals surface area (Å²) in [6.45, 7) is 0.871.